The lowest BCUT2D eigenvalue weighted by Gasteiger charge is -2.14. The van der Waals surface area contributed by atoms with Gasteiger partial charge in [0, 0.05) is 30.2 Å². The van der Waals surface area contributed by atoms with Crippen molar-refractivity contribution in [1.29, 1.82) is 0 Å². The molecule has 4 aromatic rings. The van der Waals surface area contributed by atoms with Gasteiger partial charge in [0.1, 0.15) is 11.5 Å². The molecule has 0 fully saturated rings. The lowest BCUT2D eigenvalue weighted by Crippen LogP contribution is -2.13. The first kappa shape index (κ1) is 20.8. The molecule has 1 amide bonds. The minimum Gasteiger partial charge on any atom is -0.508 e. The fourth-order valence-corrected chi connectivity index (χ4v) is 4.24. The number of carbonyl (C=O) groups excluding carboxylic acids is 1. The highest BCUT2D eigenvalue weighted by atomic mass is 32.2. The Balaban J connectivity index is 1.93. The van der Waals surface area contributed by atoms with Gasteiger partial charge in [0.05, 0.1) is 17.0 Å². The normalized spacial score (nSPS) is 11.5. The van der Waals surface area contributed by atoms with E-state index in [9.17, 15) is 15.0 Å². The highest BCUT2D eigenvalue weighted by Crippen LogP contribution is 2.39. The summed E-state index contributed by atoms with van der Waals surface area (Å²) >= 11 is 1.17. The number of fused-ring (bicyclic) bond motifs is 1. The number of carbonyl (C=O) groups is 1. The molecule has 0 saturated carbocycles. The second kappa shape index (κ2) is 7.99. The van der Waals surface area contributed by atoms with Crippen LogP contribution in [0.15, 0.2) is 47.8 Å². The van der Waals surface area contributed by atoms with E-state index in [1.807, 2.05) is 55.9 Å². The van der Waals surface area contributed by atoms with Crippen molar-refractivity contribution in [3.05, 3.63) is 48.2 Å². The fourth-order valence-electron chi connectivity index (χ4n) is 3.55. The van der Waals surface area contributed by atoms with Crippen LogP contribution in [0.5, 0.6) is 11.5 Å². The van der Waals surface area contributed by atoms with Gasteiger partial charge in [-0.3, -0.25) is 9.36 Å². The smallest absolute Gasteiger partial charge is 0.227 e. The van der Waals surface area contributed by atoms with Gasteiger partial charge in [-0.05, 0) is 41.8 Å². The first-order valence-electron chi connectivity index (χ1n) is 9.74. The van der Waals surface area contributed by atoms with E-state index >= 15 is 0 Å². The Labute approximate surface area is 183 Å². The molecule has 8 nitrogen and oxygen atoms in total. The number of aryl methyl sites for hydroxylation is 1. The summed E-state index contributed by atoms with van der Waals surface area (Å²) in [5.41, 5.74) is 8.31. The van der Waals surface area contributed by atoms with Crippen molar-refractivity contribution in [2.45, 2.75) is 24.9 Å². The second-order valence-corrected chi connectivity index (χ2v) is 8.59. The maximum atomic E-state index is 11.4. The number of hydrogen-bond donors (Lipinski definition) is 3. The molecule has 0 aliphatic rings. The molecule has 2 aromatic heterocycles. The number of rotatable bonds is 6. The number of primary amides is 1. The predicted octanol–water partition coefficient (Wildman–Crippen LogP) is 3.54. The molecule has 0 spiro atoms. The van der Waals surface area contributed by atoms with Crippen LogP contribution in [0.1, 0.15) is 25.3 Å². The Bertz CT molecular complexity index is 1290. The Hall–Kier alpha value is -3.46. The zero-order chi connectivity index (χ0) is 22.3. The number of phenolic OH excluding ortho intramolecular Hbond substituents is 2. The Morgan fingerprint density at radius 2 is 1.90 bits per heavy atom. The third-order valence-electron chi connectivity index (χ3n) is 5.11. The molecular weight excluding hydrogens is 414 g/mol. The lowest BCUT2D eigenvalue weighted by molar-refractivity contribution is -0.115. The van der Waals surface area contributed by atoms with E-state index in [0.29, 0.717) is 22.1 Å². The molecule has 2 aromatic carbocycles. The van der Waals surface area contributed by atoms with Crippen LogP contribution in [0.3, 0.4) is 0 Å². The van der Waals surface area contributed by atoms with Gasteiger partial charge >= 0.3 is 0 Å². The first-order valence-corrected chi connectivity index (χ1v) is 10.7. The minimum absolute atomic E-state index is 0.0244. The molecule has 0 unspecified atom stereocenters. The summed E-state index contributed by atoms with van der Waals surface area (Å²) in [6.45, 7) is 3.91. The quantitative estimate of drug-likeness (QED) is 0.397. The van der Waals surface area contributed by atoms with Gasteiger partial charge in [-0.2, -0.15) is 0 Å². The van der Waals surface area contributed by atoms with Crippen LogP contribution < -0.4 is 5.73 Å². The molecule has 0 saturated heterocycles. The van der Waals surface area contributed by atoms with Crippen molar-refractivity contribution in [3.8, 4) is 28.6 Å². The highest BCUT2D eigenvalue weighted by molar-refractivity contribution is 7.99. The van der Waals surface area contributed by atoms with Crippen LogP contribution in [0.2, 0.25) is 0 Å². The van der Waals surface area contributed by atoms with Crippen LogP contribution in [-0.4, -0.2) is 41.2 Å². The molecule has 0 radical (unpaired) electrons. The number of nitrogens with zero attached hydrogens (tertiary/aromatic N) is 4. The van der Waals surface area contributed by atoms with Crippen molar-refractivity contribution >= 4 is 28.6 Å². The van der Waals surface area contributed by atoms with Gasteiger partial charge in [-0.25, -0.2) is 0 Å². The zero-order valence-electron chi connectivity index (χ0n) is 17.4. The third kappa shape index (κ3) is 3.84. The Kier molecular flexibility index (Phi) is 5.36. The maximum absolute atomic E-state index is 11.4. The average Bonchev–Trinajstić information content (AvgIpc) is 3.29. The number of hydrogen-bond acceptors (Lipinski definition) is 6. The van der Waals surface area contributed by atoms with E-state index < -0.39 is 5.91 Å². The summed E-state index contributed by atoms with van der Waals surface area (Å²) in [4.78, 5) is 11.4. The van der Waals surface area contributed by atoms with Crippen LogP contribution in [0.25, 0.3) is 28.0 Å². The van der Waals surface area contributed by atoms with Crippen LogP contribution in [0, 0.1) is 0 Å². The SMILES string of the molecule is CC(C)c1cc(-c2nnc(SCC(N)=O)n2-c2ccc3c(ccn3C)c2)c(O)cc1O. The largest absolute Gasteiger partial charge is 0.508 e. The van der Waals surface area contributed by atoms with E-state index in [4.69, 9.17) is 5.73 Å². The number of phenols is 2. The van der Waals surface area contributed by atoms with Crippen molar-refractivity contribution in [3.63, 3.8) is 0 Å². The summed E-state index contributed by atoms with van der Waals surface area (Å²) in [5, 5.41) is 30.9. The van der Waals surface area contributed by atoms with Gasteiger partial charge in [0.2, 0.25) is 5.91 Å². The lowest BCUT2D eigenvalue weighted by atomic mass is 9.98. The van der Waals surface area contributed by atoms with Crippen molar-refractivity contribution in [2.75, 3.05) is 5.75 Å². The van der Waals surface area contributed by atoms with E-state index in [2.05, 4.69) is 10.2 Å². The number of aromatic nitrogens is 4. The van der Waals surface area contributed by atoms with Gasteiger partial charge in [-0.15, -0.1) is 10.2 Å². The van der Waals surface area contributed by atoms with Gasteiger partial charge in [-0.1, -0.05) is 25.6 Å². The third-order valence-corrected chi connectivity index (χ3v) is 6.06. The van der Waals surface area contributed by atoms with Crippen LogP contribution in [-0.2, 0) is 11.8 Å². The van der Waals surface area contributed by atoms with E-state index in [-0.39, 0.29) is 23.2 Å². The van der Waals surface area contributed by atoms with E-state index in [1.165, 1.54) is 17.8 Å². The highest BCUT2D eigenvalue weighted by Gasteiger charge is 2.22. The molecule has 4 N–H and O–H groups in total. The number of thioether (sulfide) groups is 1. The predicted molar refractivity (Wildman–Crippen MR) is 121 cm³/mol. The number of amides is 1. The van der Waals surface area contributed by atoms with Crippen molar-refractivity contribution < 1.29 is 15.0 Å². The number of benzene rings is 2. The van der Waals surface area contributed by atoms with Crippen molar-refractivity contribution in [2.24, 2.45) is 12.8 Å². The van der Waals surface area contributed by atoms with Crippen LogP contribution in [0.4, 0.5) is 0 Å². The molecular formula is C22H23N5O3S. The molecule has 31 heavy (non-hydrogen) atoms. The summed E-state index contributed by atoms with van der Waals surface area (Å²) in [6, 6.07) is 11.0. The van der Waals surface area contributed by atoms with Gasteiger partial charge < -0.3 is 20.5 Å². The van der Waals surface area contributed by atoms with E-state index in [1.54, 1.807) is 10.6 Å². The number of nitrogens with two attached hydrogens (primary N) is 1. The maximum Gasteiger partial charge on any atom is 0.227 e. The molecule has 4 rings (SSSR count). The molecule has 0 aliphatic heterocycles. The summed E-state index contributed by atoms with van der Waals surface area (Å²) in [5.74, 6) is -0.0556. The molecule has 0 aliphatic carbocycles. The first-order chi connectivity index (χ1) is 14.8. The van der Waals surface area contributed by atoms with Gasteiger partial charge in [0.25, 0.3) is 0 Å². The van der Waals surface area contributed by atoms with E-state index in [0.717, 1.165) is 16.6 Å². The Morgan fingerprint density at radius 1 is 1.13 bits per heavy atom. The second-order valence-electron chi connectivity index (χ2n) is 7.65. The summed E-state index contributed by atoms with van der Waals surface area (Å²) < 4.78 is 3.81. The topological polar surface area (TPSA) is 119 Å². The van der Waals surface area contributed by atoms with Crippen LogP contribution >= 0.6 is 11.8 Å². The molecule has 0 bridgehead atoms. The summed E-state index contributed by atoms with van der Waals surface area (Å²) in [6.07, 6.45) is 1.98. The number of aromatic hydroxyl groups is 2. The monoisotopic (exact) mass is 437 g/mol. The molecule has 160 valence electrons. The average molecular weight is 438 g/mol. The Morgan fingerprint density at radius 3 is 2.61 bits per heavy atom. The summed E-state index contributed by atoms with van der Waals surface area (Å²) in [7, 11) is 1.97. The molecule has 0 atom stereocenters. The molecule has 9 heteroatoms. The molecule has 2 heterocycles. The fraction of sp³-hybridized carbons (Fsp3) is 0.227. The minimum atomic E-state index is -0.464. The zero-order valence-corrected chi connectivity index (χ0v) is 18.2. The van der Waals surface area contributed by atoms with Gasteiger partial charge in [0.15, 0.2) is 11.0 Å². The standard InChI is InChI=1S/C22H23N5O3S/c1-12(2)15-9-16(19(29)10-18(15)28)21-24-25-22(31-11-20(23)30)27(21)14-4-5-17-13(8-14)6-7-26(17)3/h4-10,12,28-29H,11H2,1-3H3,(H2,23,30). The van der Waals surface area contributed by atoms with Crippen molar-refractivity contribution in [1.82, 2.24) is 19.3 Å².